The van der Waals surface area contributed by atoms with Crippen LogP contribution in [0.5, 0.6) is 0 Å². The SMILES string of the molecule is CC(C)C(C)(CN)c1cc(F)cc(F)c1. The number of rotatable bonds is 3. The van der Waals surface area contributed by atoms with Crippen LogP contribution in [0.15, 0.2) is 18.2 Å². The molecule has 1 rings (SSSR count). The quantitative estimate of drug-likeness (QED) is 0.821. The van der Waals surface area contributed by atoms with E-state index in [1.54, 1.807) is 0 Å². The largest absolute Gasteiger partial charge is 0.330 e. The van der Waals surface area contributed by atoms with Gasteiger partial charge in [0.1, 0.15) is 11.6 Å². The molecule has 1 nitrogen and oxygen atoms in total. The molecule has 0 fully saturated rings. The maximum absolute atomic E-state index is 13.1. The summed E-state index contributed by atoms with van der Waals surface area (Å²) in [5.74, 6) is -0.876. The summed E-state index contributed by atoms with van der Waals surface area (Å²) in [4.78, 5) is 0. The van der Waals surface area contributed by atoms with Crippen LogP contribution in [-0.4, -0.2) is 6.54 Å². The highest BCUT2D eigenvalue weighted by atomic mass is 19.1. The minimum Gasteiger partial charge on any atom is -0.330 e. The highest BCUT2D eigenvalue weighted by Gasteiger charge is 2.29. The van der Waals surface area contributed by atoms with Gasteiger partial charge in [0.15, 0.2) is 0 Å². The normalized spacial score (nSPS) is 15.4. The van der Waals surface area contributed by atoms with E-state index in [0.29, 0.717) is 12.1 Å². The summed E-state index contributed by atoms with van der Waals surface area (Å²) in [5, 5.41) is 0. The first kappa shape index (κ1) is 12.1. The Hall–Kier alpha value is -0.960. The molecule has 15 heavy (non-hydrogen) atoms. The van der Waals surface area contributed by atoms with Gasteiger partial charge in [-0.05, 0) is 23.6 Å². The average molecular weight is 213 g/mol. The number of hydrogen-bond acceptors (Lipinski definition) is 1. The maximum atomic E-state index is 13.1. The molecule has 2 N–H and O–H groups in total. The van der Waals surface area contributed by atoms with E-state index in [9.17, 15) is 8.78 Å². The lowest BCUT2D eigenvalue weighted by molar-refractivity contribution is 0.344. The van der Waals surface area contributed by atoms with Crippen LogP contribution < -0.4 is 5.73 Å². The van der Waals surface area contributed by atoms with Gasteiger partial charge in [-0.25, -0.2) is 8.78 Å². The lowest BCUT2D eigenvalue weighted by Crippen LogP contribution is -2.37. The van der Waals surface area contributed by atoms with Crippen molar-refractivity contribution in [3.8, 4) is 0 Å². The second kappa shape index (κ2) is 4.27. The van der Waals surface area contributed by atoms with Crippen LogP contribution >= 0.6 is 0 Å². The summed E-state index contributed by atoms with van der Waals surface area (Å²) in [6, 6.07) is 3.59. The molecule has 1 unspecified atom stereocenters. The van der Waals surface area contributed by atoms with Gasteiger partial charge in [-0.2, -0.15) is 0 Å². The van der Waals surface area contributed by atoms with E-state index >= 15 is 0 Å². The van der Waals surface area contributed by atoms with Crippen molar-refractivity contribution in [2.75, 3.05) is 6.54 Å². The summed E-state index contributed by atoms with van der Waals surface area (Å²) >= 11 is 0. The van der Waals surface area contributed by atoms with Crippen LogP contribution in [0.3, 0.4) is 0 Å². The molecule has 0 saturated carbocycles. The summed E-state index contributed by atoms with van der Waals surface area (Å²) in [7, 11) is 0. The molecule has 1 atom stereocenters. The third-order valence-corrected chi connectivity index (χ3v) is 3.22. The highest BCUT2D eigenvalue weighted by molar-refractivity contribution is 5.27. The fourth-order valence-electron chi connectivity index (χ4n) is 1.57. The zero-order valence-corrected chi connectivity index (χ0v) is 9.35. The van der Waals surface area contributed by atoms with Crippen LogP contribution in [0.4, 0.5) is 8.78 Å². The fourth-order valence-corrected chi connectivity index (χ4v) is 1.57. The van der Waals surface area contributed by atoms with E-state index in [0.717, 1.165) is 6.07 Å². The Morgan fingerprint density at radius 1 is 1.20 bits per heavy atom. The highest BCUT2D eigenvalue weighted by Crippen LogP contribution is 2.31. The Kier molecular flexibility index (Phi) is 3.45. The number of hydrogen-bond donors (Lipinski definition) is 1. The lowest BCUT2D eigenvalue weighted by Gasteiger charge is -2.33. The Bertz CT molecular complexity index is 329. The van der Waals surface area contributed by atoms with Gasteiger partial charge in [-0.3, -0.25) is 0 Å². The first-order valence-electron chi connectivity index (χ1n) is 5.07. The summed E-state index contributed by atoms with van der Waals surface area (Å²) < 4.78 is 26.2. The van der Waals surface area contributed by atoms with Crippen LogP contribution in [0, 0.1) is 17.6 Å². The number of benzene rings is 1. The summed E-state index contributed by atoms with van der Waals surface area (Å²) in [6.07, 6.45) is 0. The molecule has 0 aliphatic heterocycles. The molecule has 0 bridgehead atoms. The predicted molar refractivity (Wildman–Crippen MR) is 57.6 cm³/mol. The van der Waals surface area contributed by atoms with Crippen LogP contribution in [0.25, 0.3) is 0 Å². The van der Waals surface area contributed by atoms with E-state index < -0.39 is 11.6 Å². The second-order valence-corrected chi connectivity index (χ2v) is 4.43. The van der Waals surface area contributed by atoms with Crippen molar-refractivity contribution in [2.45, 2.75) is 26.2 Å². The molecular weight excluding hydrogens is 196 g/mol. The Labute approximate surface area is 89.3 Å². The third kappa shape index (κ3) is 2.34. The van der Waals surface area contributed by atoms with Crippen LogP contribution in [0.2, 0.25) is 0 Å². The van der Waals surface area contributed by atoms with Gasteiger partial charge in [0.25, 0.3) is 0 Å². The van der Waals surface area contributed by atoms with E-state index in [1.807, 2.05) is 20.8 Å². The first-order chi connectivity index (χ1) is 6.90. The van der Waals surface area contributed by atoms with Crippen molar-refractivity contribution in [3.05, 3.63) is 35.4 Å². The Morgan fingerprint density at radius 3 is 2.00 bits per heavy atom. The molecule has 0 heterocycles. The van der Waals surface area contributed by atoms with Crippen molar-refractivity contribution in [1.29, 1.82) is 0 Å². The molecule has 0 radical (unpaired) electrons. The monoisotopic (exact) mass is 213 g/mol. The van der Waals surface area contributed by atoms with Crippen molar-refractivity contribution < 1.29 is 8.78 Å². The molecule has 1 aromatic carbocycles. The van der Waals surface area contributed by atoms with Crippen molar-refractivity contribution in [2.24, 2.45) is 11.7 Å². The van der Waals surface area contributed by atoms with Crippen LogP contribution in [0.1, 0.15) is 26.3 Å². The Morgan fingerprint density at radius 2 is 1.67 bits per heavy atom. The minimum absolute atomic E-state index is 0.226. The van der Waals surface area contributed by atoms with Gasteiger partial charge in [0.05, 0.1) is 0 Å². The van der Waals surface area contributed by atoms with Crippen LogP contribution in [-0.2, 0) is 5.41 Å². The molecule has 0 aliphatic carbocycles. The fraction of sp³-hybridized carbons (Fsp3) is 0.500. The maximum Gasteiger partial charge on any atom is 0.126 e. The van der Waals surface area contributed by atoms with Gasteiger partial charge < -0.3 is 5.73 Å². The number of nitrogens with two attached hydrogens (primary N) is 1. The molecular formula is C12H17F2N. The van der Waals surface area contributed by atoms with Gasteiger partial charge in [0.2, 0.25) is 0 Å². The molecule has 0 aliphatic rings. The smallest absolute Gasteiger partial charge is 0.126 e. The van der Waals surface area contributed by atoms with Gasteiger partial charge >= 0.3 is 0 Å². The topological polar surface area (TPSA) is 26.0 Å². The van der Waals surface area contributed by atoms with E-state index in [1.165, 1.54) is 12.1 Å². The predicted octanol–water partition coefficient (Wildman–Crippen LogP) is 2.84. The molecule has 0 amide bonds. The van der Waals surface area contributed by atoms with E-state index in [2.05, 4.69) is 0 Å². The first-order valence-corrected chi connectivity index (χ1v) is 5.07. The third-order valence-electron chi connectivity index (χ3n) is 3.22. The Balaban J connectivity index is 3.23. The summed E-state index contributed by atoms with van der Waals surface area (Å²) in [5.41, 5.74) is 5.93. The van der Waals surface area contributed by atoms with Crippen molar-refractivity contribution in [1.82, 2.24) is 0 Å². The molecule has 3 heteroatoms. The van der Waals surface area contributed by atoms with Gasteiger partial charge in [-0.1, -0.05) is 20.8 Å². The average Bonchev–Trinajstić information content (AvgIpc) is 2.14. The van der Waals surface area contributed by atoms with Gasteiger partial charge in [0, 0.05) is 18.0 Å². The van der Waals surface area contributed by atoms with E-state index in [4.69, 9.17) is 5.73 Å². The minimum atomic E-state index is -0.551. The zero-order valence-electron chi connectivity index (χ0n) is 9.35. The standard InChI is InChI=1S/C12H17F2N/c1-8(2)12(3,7-15)9-4-10(13)6-11(14)5-9/h4-6,8H,7,15H2,1-3H3. The molecule has 84 valence electrons. The van der Waals surface area contributed by atoms with Gasteiger partial charge in [-0.15, -0.1) is 0 Å². The zero-order chi connectivity index (χ0) is 11.6. The van der Waals surface area contributed by atoms with Crippen molar-refractivity contribution in [3.63, 3.8) is 0 Å². The molecule has 0 aromatic heterocycles. The van der Waals surface area contributed by atoms with Crippen molar-refractivity contribution >= 4 is 0 Å². The molecule has 1 aromatic rings. The number of halogens is 2. The second-order valence-electron chi connectivity index (χ2n) is 4.43. The summed E-state index contributed by atoms with van der Waals surface area (Å²) in [6.45, 7) is 6.28. The van der Waals surface area contributed by atoms with E-state index in [-0.39, 0.29) is 11.3 Å². The molecule has 0 spiro atoms. The lowest BCUT2D eigenvalue weighted by atomic mass is 9.73. The molecule has 0 saturated heterocycles.